The number of rotatable bonds is 8. The molecule has 1 saturated heterocycles. The van der Waals surface area contributed by atoms with E-state index in [1.165, 1.54) is 0 Å². The van der Waals surface area contributed by atoms with Crippen molar-refractivity contribution in [2.45, 2.75) is 45.3 Å². The number of amides is 1. The highest BCUT2D eigenvalue weighted by Gasteiger charge is 2.37. The minimum atomic E-state index is -3.47. The van der Waals surface area contributed by atoms with E-state index in [0.29, 0.717) is 19.5 Å². The maximum Gasteiger partial charge on any atom is 0.224 e. The molecule has 1 rings (SSSR count). The standard InChI is InChI=1S/C13H26N2O4S/c1-4-15-9-11(8-12(15)17)20(18,19)14-10-13(2,3)6-5-7-16/h11,14,16H,4-10H2,1-3H3/t11-/m0/s1. The first-order valence-electron chi connectivity index (χ1n) is 7.09. The Morgan fingerprint density at radius 3 is 2.60 bits per heavy atom. The van der Waals surface area contributed by atoms with E-state index < -0.39 is 15.3 Å². The molecule has 0 radical (unpaired) electrons. The maximum atomic E-state index is 12.2. The second-order valence-corrected chi connectivity index (χ2v) is 8.16. The Morgan fingerprint density at radius 2 is 2.10 bits per heavy atom. The largest absolute Gasteiger partial charge is 0.396 e. The number of aliphatic hydroxyl groups is 1. The highest BCUT2D eigenvalue weighted by molar-refractivity contribution is 7.90. The summed E-state index contributed by atoms with van der Waals surface area (Å²) in [5, 5.41) is 8.18. The molecule has 1 amide bonds. The number of nitrogens with zero attached hydrogens (tertiary/aromatic N) is 1. The molecule has 0 unspecified atom stereocenters. The van der Waals surface area contributed by atoms with Gasteiger partial charge in [-0.25, -0.2) is 13.1 Å². The highest BCUT2D eigenvalue weighted by atomic mass is 32.2. The lowest BCUT2D eigenvalue weighted by molar-refractivity contribution is -0.127. The average molecular weight is 306 g/mol. The van der Waals surface area contributed by atoms with Gasteiger partial charge in [-0.05, 0) is 25.2 Å². The van der Waals surface area contributed by atoms with Crippen LogP contribution in [-0.4, -0.2) is 55.8 Å². The third-order valence-electron chi connectivity index (χ3n) is 3.76. The third kappa shape index (κ3) is 4.71. The fraction of sp³-hybridized carbons (Fsp3) is 0.923. The molecule has 0 spiro atoms. The van der Waals surface area contributed by atoms with Crippen LogP contribution in [0, 0.1) is 5.41 Å². The molecule has 1 heterocycles. The molecule has 0 aromatic carbocycles. The normalized spacial score (nSPS) is 20.7. The van der Waals surface area contributed by atoms with Crippen molar-refractivity contribution in [1.29, 1.82) is 0 Å². The van der Waals surface area contributed by atoms with Crippen LogP contribution in [-0.2, 0) is 14.8 Å². The fourth-order valence-electron chi connectivity index (χ4n) is 2.31. The predicted octanol–water partition coefficient (Wildman–Crippen LogP) is 0.325. The van der Waals surface area contributed by atoms with Gasteiger partial charge >= 0.3 is 0 Å². The number of aliphatic hydroxyl groups excluding tert-OH is 1. The van der Waals surface area contributed by atoms with Gasteiger partial charge in [0.25, 0.3) is 0 Å². The Kier molecular flexibility index (Phi) is 5.97. The molecule has 0 saturated carbocycles. The van der Waals surface area contributed by atoms with Crippen LogP contribution in [0.15, 0.2) is 0 Å². The number of hydrogen-bond donors (Lipinski definition) is 2. The minimum Gasteiger partial charge on any atom is -0.396 e. The van der Waals surface area contributed by atoms with Crippen LogP contribution in [0.3, 0.4) is 0 Å². The quantitative estimate of drug-likeness (QED) is 0.676. The highest BCUT2D eigenvalue weighted by Crippen LogP contribution is 2.23. The van der Waals surface area contributed by atoms with Gasteiger partial charge in [0.05, 0.1) is 0 Å². The van der Waals surface area contributed by atoms with Crippen molar-refractivity contribution in [1.82, 2.24) is 9.62 Å². The smallest absolute Gasteiger partial charge is 0.224 e. The molecule has 1 atom stereocenters. The second kappa shape index (κ2) is 6.87. The number of likely N-dealkylation sites (tertiary alicyclic amines) is 1. The number of carbonyl (C=O) groups excluding carboxylic acids is 1. The van der Waals surface area contributed by atoms with Gasteiger partial charge in [0.2, 0.25) is 15.9 Å². The van der Waals surface area contributed by atoms with Gasteiger partial charge < -0.3 is 10.0 Å². The van der Waals surface area contributed by atoms with Crippen molar-refractivity contribution < 1.29 is 18.3 Å². The molecule has 0 aromatic rings. The van der Waals surface area contributed by atoms with Gasteiger partial charge in [0, 0.05) is 32.7 Å². The maximum absolute atomic E-state index is 12.2. The lowest BCUT2D eigenvalue weighted by atomic mass is 9.88. The Labute approximate surface area is 121 Å². The van der Waals surface area contributed by atoms with E-state index in [1.807, 2.05) is 20.8 Å². The van der Waals surface area contributed by atoms with E-state index in [-0.39, 0.29) is 30.9 Å². The summed E-state index contributed by atoms with van der Waals surface area (Å²) in [6.45, 7) is 7.03. The second-order valence-electron chi connectivity index (χ2n) is 6.12. The summed E-state index contributed by atoms with van der Waals surface area (Å²) >= 11 is 0. The van der Waals surface area contributed by atoms with E-state index in [0.717, 1.165) is 6.42 Å². The summed E-state index contributed by atoms with van der Waals surface area (Å²) in [5.74, 6) is -0.0950. The number of nitrogens with one attached hydrogen (secondary N) is 1. The van der Waals surface area contributed by atoms with Crippen molar-refractivity contribution >= 4 is 15.9 Å². The Balaban J connectivity index is 2.56. The topological polar surface area (TPSA) is 86.7 Å². The van der Waals surface area contributed by atoms with Gasteiger partial charge in [-0.15, -0.1) is 0 Å². The van der Waals surface area contributed by atoms with Crippen molar-refractivity contribution in [3.05, 3.63) is 0 Å². The van der Waals surface area contributed by atoms with Gasteiger partial charge in [0.1, 0.15) is 5.25 Å². The molecular formula is C13H26N2O4S. The zero-order valence-corrected chi connectivity index (χ0v) is 13.4. The number of hydrogen-bond acceptors (Lipinski definition) is 4. The average Bonchev–Trinajstić information content (AvgIpc) is 2.76. The van der Waals surface area contributed by atoms with Crippen molar-refractivity contribution in [2.75, 3.05) is 26.2 Å². The molecular weight excluding hydrogens is 280 g/mol. The van der Waals surface area contributed by atoms with Crippen LogP contribution < -0.4 is 4.72 Å². The zero-order valence-electron chi connectivity index (χ0n) is 12.6. The van der Waals surface area contributed by atoms with E-state index >= 15 is 0 Å². The van der Waals surface area contributed by atoms with Crippen LogP contribution in [0.2, 0.25) is 0 Å². The molecule has 118 valence electrons. The molecule has 6 nitrogen and oxygen atoms in total. The molecule has 7 heteroatoms. The van der Waals surface area contributed by atoms with E-state index in [4.69, 9.17) is 5.11 Å². The SMILES string of the molecule is CCN1C[C@@H](S(=O)(=O)NCC(C)(C)CCCO)CC1=O. The first-order chi connectivity index (χ1) is 9.22. The first kappa shape index (κ1) is 17.4. The molecule has 0 aromatic heterocycles. The first-order valence-corrected chi connectivity index (χ1v) is 8.63. The van der Waals surface area contributed by atoms with E-state index in [1.54, 1.807) is 4.90 Å². The van der Waals surface area contributed by atoms with E-state index in [2.05, 4.69) is 4.72 Å². The van der Waals surface area contributed by atoms with Crippen LogP contribution in [0.1, 0.15) is 40.0 Å². The third-order valence-corrected chi connectivity index (χ3v) is 5.50. The molecule has 1 aliphatic rings. The number of carbonyl (C=O) groups is 1. The summed E-state index contributed by atoms with van der Waals surface area (Å²) < 4.78 is 27.1. The van der Waals surface area contributed by atoms with E-state index in [9.17, 15) is 13.2 Å². The molecule has 2 N–H and O–H groups in total. The van der Waals surface area contributed by atoms with Crippen LogP contribution in [0.4, 0.5) is 0 Å². The van der Waals surface area contributed by atoms with Crippen LogP contribution in [0.5, 0.6) is 0 Å². The summed E-state index contributed by atoms with van der Waals surface area (Å²) in [4.78, 5) is 13.2. The Morgan fingerprint density at radius 1 is 1.45 bits per heavy atom. The summed E-state index contributed by atoms with van der Waals surface area (Å²) in [6, 6.07) is 0. The number of sulfonamides is 1. The Hall–Kier alpha value is -0.660. The van der Waals surface area contributed by atoms with Crippen LogP contribution in [0.25, 0.3) is 0 Å². The summed E-state index contributed by atoms with van der Waals surface area (Å²) in [7, 11) is -3.47. The molecule has 1 aliphatic heterocycles. The lowest BCUT2D eigenvalue weighted by Crippen LogP contribution is -2.41. The Bertz CT molecular complexity index is 434. The molecule has 0 bridgehead atoms. The fourth-order valence-corrected chi connectivity index (χ4v) is 3.87. The molecule has 0 aliphatic carbocycles. The van der Waals surface area contributed by atoms with Crippen molar-refractivity contribution in [2.24, 2.45) is 5.41 Å². The van der Waals surface area contributed by atoms with Crippen molar-refractivity contribution in [3.8, 4) is 0 Å². The van der Waals surface area contributed by atoms with Gasteiger partial charge in [-0.2, -0.15) is 0 Å². The zero-order chi connectivity index (χ0) is 15.4. The summed E-state index contributed by atoms with van der Waals surface area (Å²) in [5.41, 5.74) is -0.205. The van der Waals surface area contributed by atoms with Gasteiger partial charge in [-0.3, -0.25) is 4.79 Å². The minimum absolute atomic E-state index is 0.0697. The van der Waals surface area contributed by atoms with Crippen molar-refractivity contribution in [3.63, 3.8) is 0 Å². The molecule has 1 fully saturated rings. The van der Waals surface area contributed by atoms with Crippen LogP contribution >= 0.6 is 0 Å². The van der Waals surface area contributed by atoms with Gasteiger partial charge in [0.15, 0.2) is 0 Å². The summed E-state index contributed by atoms with van der Waals surface area (Å²) in [6.07, 6.45) is 1.47. The monoisotopic (exact) mass is 306 g/mol. The molecule has 20 heavy (non-hydrogen) atoms. The lowest BCUT2D eigenvalue weighted by Gasteiger charge is -2.25. The predicted molar refractivity (Wildman–Crippen MR) is 77.7 cm³/mol. The van der Waals surface area contributed by atoms with Gasteiger partial charge in [-0.1, -0.05) is 13.8 Å².